The van der Waals surface area contributed by atoms with E-state index in [-0.39, 0.29) is 57.4 Å². The maximum Gasteiger partial charge on any atom is 0.372 e. The van der Waals surface area contributed by atoms with Gasteiger partial charge in [0, 0.05) is 22.8 Å². The Morgan fingerprint density at radius 3 is 2.55 bits per heavy atom. The van der Waals surface area contributed by atoms with Crippen LogP contribution in [0.1, 0.15) is 93.1 Å². The number of Topliss-reactive ketones (excluding diaryl/α,β-unsaturated/α-hetero) is 1. The van der Waals surface area contributed by atoms with Gasteiger partial charge in [-0.05, 0) is 55.7 Å². The molecule has 0 radical (unpaired) electrons. The highest BCUT2D eigenvalue weighted by Crippen LogP contribution is 2.34. The molecule has 0 fully saturated rings. The van der Waals surface area contributed by atoms with Crippen molar-refractivity contribution in [1.29, 1.82) is 0 Å². The molecule has 0 unspecified atom stereocenters. The highest BCUT2D eigenvalue weighted by Gasteiger charge is 2.31. The number of carbonyl (C=O) groups is 3. The van der Waals surface area contributed by atoms with Gasteiger partial charge in [0.25, 0.3) is 0 Å². The number of aromatic hydroxyl groups is 1. The maximum atomic E-state index is 13.7. The molecule has 1 aliphatic carbocycles. The molecule has 1 heterocycles. The number of ether oxygens (including phenoxy) is 1. The number of rotatable bonds is 14. The number of hydrogen-bond donors (Lipinski definition) is 4. The molecule has 244 valence electrons. The van der Waals surface area contributed by atoms with Gasteiger partial charge in [-0.15, -0.1) is 0 Å². The zero-order valence-corrected chi connectivity index (χ0v) is 26.6. The Hall–Kier alpha value is -5.13. The lowest BCUT2D eigenvalue weighted by molar-refractivity contribution is 0.0649. The summed E-state index contributed by atoms with van der Waals surface area (Å²) in [6.45, 7) is 3.57. The summed E-state index contributed by atoms with van der Waals surface area (Å²) in [4.78, 5) is 49.9. The number of phenolic OH excluding ortho intramolecular Hbond substituents is 1. The fourth-order valence-corrected chi connectivity index (χ4v) is 5.49. The second-order valence-electron chi connectivity index (χ2n) is 10.9. The predicted octanol–water partition coefficient (Wildman–Crippen LogP) is 4.63. The average molecular weight is 659 g/mol. The highest BCUT2D eigenvalue weighted by atomic mass is 32.1. The molecule has 0 amide bonds. The van der Waals surface area contributed by atoms with Crippen molar-refractivity contribution in [3.63, 3.8) is 0 Å². The molecule has 47 heavy (non-hydrogen) atoms. The Labute approximate surface area is 275 Å². The van der Waals surface area contributed by atoms with E-state index in [0.717, 1.165) is 6.42 Å². The number of aliphatic hydroxyl groups excluding tert-OH is 1. The standard InChI is InChI=1S/C36H34O10S/c1-3-9-25-28(16-15-24(20(2)37)32(25)39)45-17-7-5-4-6-12-27(31(38)21-10-8-11-22(18-21)35(41)42)30-33(40)26-14-13-23(47)19-29(26)46-34(30)36(43)44/h4-6,8,10-12,14-16,18-19,27,31,38-39H,3,7,9,13,17H2,1-2H3,(H,41,42)(H,43,44)/b5-4-,12-6+/t27-,31-/m0/s1. The number of phenols is 1. The lowest BCUT2D eigenvalue weighted by atomic mass is 9.86. The first kappa shape index (κ1) is 34.7. The van der Waals surface area contributed by atoms with E-state index >= 15 is 0 Å². The van der Waals surface area contributed by atoms with Crippen LogP contribution in [-0.2, 0) is 6.42 Å². The van der Waals surface area contributed by atoms with Crippen LogP contribution >= 0.6 is 12.2 Å². The van der Waals surface area contributed by atoms with Crippen molar-refractivity contribution in [3.8, 4) is 11.5 Å². The van der Waals surface area contributed by atoms with Crippen LogP contribution in [0.2, 0.25) is 0 Å². The summed E-state index contributed by atoms with van der Waals surface area (Å²) < 4.78 is 11.5. The third-order valence-corrected chi connectivity index (χ3v) is 7.86. The van der Waals surface area contributed by atoms with Gasteiger partial charge in [-0.3, -0.25) is 9.59 Å². The largest absolute Gasteiger partial charge is 0.507 e. The molecule has 4 rings (SSSR count). The maximum absolute atomic E-state index is 13.7. The monoisotopic (exact) mass is 658 g/mol. The van der Waals surface area contributed by atoms with Crippen LogP contribution in [0.15, 0.2) is 69.9 Å². The Morgan fingerprint density at radius 1 is 1.11 bits per heavy atom. The molecule has 1 aromatic heterocycles. The first-order valence-electron chi connectivity index (χ1n) is 14.9. The van der Waals surface area contributed by atoms with E-state index < -0.39 is 35.1 Å². The van der Waals surface area contributed by atoms with E-state index in [1.807, 2.05) is 6.92 Å². The lowest BCUT2D eigenvalue weighted by Gasteiger charge is -2.22. The van der Waals surface area contributed by atoms with Crippen molar-refractivity contribution in [3.05, 3.63) is 115 Å². The summed E-state index contributed by atoms with van der Waals surface area (Å²) in [7, 11) is 0. The van der Waals surface area contributed by atoms with Crippen molar-refractivity contribution in [1.82, 2.24) is 0 Å². The number of carboxylic acid groups (broad SMARTS) is 2. The van der Waals surface area contributed by atoms with E-state index in [1.54, 1.807) is 30.4 Å². The van der Waals surface area contributed by atoms with Gasteiger partial charge in [0.2, 0.25) is 5.76 Å². The van der Waals surface area contributed by atoms with E-state index in [1.165, 1.54) is 49.4 Å². The number of carboxylic acids is 2. The van der Waals surface area contributed by atoms with E-state index in [9.17, 15) is 39.6 Å². The zero-order chi connectivity index (χ0) is 34.2. The van der Waals surface area contributed by atoms with Gasteiger partial charge >= 0.3 is 11.9 Å². The molecule has 0 aliphatic heterocycles. The molecule has 4 N–H and O–H groups in total. The van der Waals surface area contributed by atoms with Crippen LogP contribution < -0.4 is 20.8 Å². The molecule has 0 saturated heterocycles. The van der Waals surface area contributed by atoms with Crippen LogP contribution in [-0.4, -0.2) is 49.6 Å². The zero-order valence-electron chi connectivity index (χ0n) is 25.8. The van der Waals surface area contributed by atoms with E-state index in [4.69, 9.17) is 21.4 Å². The van der Waals surface area contributed by atoms with Crippen molar-refractivity contribution < 1.29 is 44.0 Å². The predicted molar refractivity (Wildman–Crippen MR) is 179 cm³/mol. The lowest BCUT2D eigenvalue weighted by Crippen LogP contribution is -2.45. The molecule has 2 atom stereocenters. The van der Waals surface area contributed by atoms with Crippen LogP contribution in [0.25, 0.3) is 12.2 Å². The summed E-state index contributed by atoms with van der Waals surface area (Å²) in [6.07, 6.45) is 9.82. The molecule has 10 nitrogen and oxygen atoms in total. The van der Waals surface area contributed by atoms with E-state index in [0.29, 0.717) is 29.0 Å². The molecule has 2 aromatic carbocycles. The number of hydrogen-bond acceptors (Lipinski definition) is 9. The third kappa shape index (κ3) is 8.00. The number of benzene rings is 2. The second kappa shape index (κ2) is 15.4. The molecular formula is C36H34O10S. The van der Waals surface area contributed by atoms with Crippen LogP contribution in [0, 0.1) is 0 Å². The van der Waals surface area contributed by atoms with Crippen molar-refractivity contribution >= 4 is 47.0 Å². The number of allylic oxidation sites excluding steroid dienone is 2. The molecule has 0 bridgehead atoms. The van der Waals surface area contributed by atoms with Crippen molar-refractivity contribution in [2.75, 3.05) is 6.61 Å². The fraction of sp³-hybridized carbons (Fsp3) is 0.250. The smallest absolute Gasteiger partial charge is 0.372 e. The minimum absolute atomic E-state index is 0.0173. The highest BCUT2D eigenvalue weighted by molar-refractivity contribution is 7.81. The first-order chi connectivity index (χ1) is 22.4. The number of fused-ring (bicyclic) bond motifs is 1. The molecule has 0 saturated carbocycles. The number of thiocarbonyl (C=S) groups is 1. The Kier molecular flexibility index (Phi) is 11.4. The molecule has 3 aromatic rings. The molecule has 0 spiro atoms. The van der Waals surface area contributed by atoms with Gasteiger partial charge in [-0.25, -0.2) is 9.59 Å². The summed E-state index contributed by atoms with van der Waals surface area (Å²) in [5, 5.41) is 41.7. The van der Waals surface area contributed by atoms with Gasteiger partial charge in [-0.1, -0.05) is 68.1 Å². The topological polar surface area (TPSA) is 172 Å². The molecule has 1 aliphatic rings. The number of aromatic carboxylic acids is 2. The van der Waals surface area contributed by atoms with Gasteiger partial charge in [0.15, 0.2) is 11.2 Å². The number of aliphatic hydroxyl groups is 1. The van der Waals surface area contributed by atoms with Gasteiger partial charge in [0.1, 0.15) is 16.9 Å². The molecule has 11 heteroatoms. The summed E-state index contributed by atoms with van der Waals surface area (Å²) in [5.41, 5.74) is -0.0777. The first-order valence-corrected chi connectivity index (χ1v) is 15.3. The quantitative estimate of drug-likeness (QED) is 0.0824. The van der Waals surface area contributed by atoms with Crippen LogP contribution in [0.3, 0.4) is 0 Å². The Morgan fingerprint density at radius 2 is 1.87 bits per heavy atom. The Bertz CT molecular complexity index is 1970. The minimum Gasteiger partial charge on any atom is -0.507 e. The second-order valence-corrected chi connectivity index (χ2v) is 11.4. The van der Waals surface area contributed by atoms with E-state index in [2.05, 4.69) is 0 Å². The fourth-order valence-electron chi connectivity index (χ4n) is 5.30. The summed E-state index contributed by atoms with van der Waals surface area (Å²) >= 11 is 5.19. The SMILES string of the molecule is CCCc1c(OCC/C=C\C=C\[C@@H](c2c(C(=O)O)oc3c(c2=O)=CCC(=S)C=3)[C@@H](O)c2cccc(C(=O)O)c2)ccc(C(C)=O)c1O. The van der Waals surface area contributed by atoms with Crippen LogP contribution in [0.4, 0.5) is 0 Å². The average Bonchev–Trinajstić information content (AvgIpc) is 3.03. The number of ketones is 1. The normalized spacial score (nSPS) is 13.9. The van der Waals surface area contributed by atoms with Crippen molar-refractivity contribution in [2.45, 2.75) is 51.6 Å². The Balaban J connectivity index is 1.65. The number of carbonyl (C=O) groups excluding carboxylic acids is 1. The van der Waals surface area contributed by atoms with Gasteiger partial charge < -0.3 is 29.6 Å². The van der Waals surface area contributed by atoms with Gasteiger partial charge in [0.05, 0.1) is 34.6 Å². The van der Waals surface area contributed by atoms with Crippen LogP contribution in [0.5, 0.6) is 11.5 Å². The van der Waals surface area contributed by atoms with Crippen molar-refractivity contribution in [2.24, 2.45) is 0 Å². The van der Waals surface area contributed by atoms with Gasteiger partial charge in [-0.2, -0.15) is 0 Å². The molecular weight excluding hydrogens is 624 g/mol. The summed E-state index contributed by atoms with van der Waals surface area (Å²) in [5.74, 6) is -4.50. The third-order valence-electron chi connectivity index (χ3n) is 7.58. The minimum atomic E-state index is -1.52. The summed E-state index contributed by atoms with van der Waals surface area (Å²) in [6, 6.07) is 8.71.